The SMILES string of the molecule is O=C(Nc1cnc(Cl)c(Br)c1)C1CCCN1. The van der Waals surface area contributed by atoms with Gasteiger partial charge in [0.25, 0.3) is 0 Å². The van der Waals surface area contributed by atoms with Gasteiger partial charge in [-0.1, -0.05) is 11.6 Å². The Labute approximate surface area is 107 Å². The third-order valence-electron chi connectivity index (χ3n) is 2.44. The first-order valence-corrected chi connectivity index (χ1v) is 6.19. The molecule has 0 aliphatic carbocycles. The topological polar surface area (TPSA) is 54.0 Å². The number of halogens is 2. The molecule has 1 aliphatic rings. The molecule has 1 saturated heterocycles. The van der Waals surface area contributed by atoms with Crippen LogP contribution in [0.3, 0.4) is 0 Å². The second-order valence-electron chi connectivity index (χ2n) is 3.63. The monoisotopic (exact) mass is 303 g/mol. The van der Waals surface area contributed by atoms with E-state index in [2.05, 4.69) is 31.5 Å². The zero-order valence-electron chi connectivity index (χ0n) is 8.46. The Kier molecular flexibility index (Phi) is 3.78. The number of aromatic nitrogens is 1. The molecule has 6 heteroatoms. The molecule has 1 aromatic heterocycles. The van der Waals surface area contributed by atoms with E-state index in [4.69, 9.17) is 11.6 Å². The fraction of sp³-hybridized carbons (Fsp3) is 0.400. The molecule has 0 radical (unpaired) electrons. The molecule has 1 aromatic rings. The van der Waals surface area contributed by atoms with Gasteiger partial charge in [0.05, 0.1) is 22.4 Å². The number of amides is 1. The van der Waals surface area contributed by atoms with Crippen molar-refractivity contribution in [2.45, 2.75) is 18.9 Å². The normalized spacial score (nSPS) is 19.8. The Morgan fingerprint density at radius 2 is 2.50 bits per heavy atom. The van der Waals surface area contributed by atoms with Crippen LogP contribution in [0.1, 0.15) is 12.8 Å². The van der Waals surface area contributed by atoms with Crippen molar-refractivity contribution in [3.63, 3.8) is 0 Å². The highest BCUT2D eigenvalue weighted by molar-refractivity contribution is 9.10. The van der Waals surface area contributed by atoms with Crippen LogP contribution in [0.15, 0.2) is 16.7 Å². The average Bonchev–Trinajstić information content (AvgIpc) is 2.77. The number of anilines is 1. The van der Waals surface area contributed by atoms with Crippen LogP contribution < -0.4 is 10.6 Å². The molecule has 0 aromatic carbocycles. The number of hydrogen-bond donors (Lipinski definition) is 2. The van der Waals surface area contributed by atoms with Crippen molar-refractivity contribution >= 4 is 39.1 Å². The number of pyridine rings is 1. The van der Waals surface area contributed by atoms with Gasteiger partial charge < -0.3 is 10.6 Å². The van der Waals surface area contributed by atoms with Crippen LogP contribution in [-0.2, 0) is 4.79 Å². The molecule has 1 atom stereocenters. The highest BCUT2D eigenvalue weighted by Crippen LogP contribution is 2.23. The van der Waals surface area contributed by atoms with Crippen LogP contribution in [0.5, 0.6) is 0 Å². The molecule has 16 heavy (non-hydrogen) atoms. The Morgan fingerprint density at radius 1 is 1.69 bits per heavy atom. The lowest BCUT2D eigenvalue weighted by Crippen LogP contribution is -2.35. The van der Waals surface area contributed by atoms with Crippen molar-refractivity contribution in [1.82, 2.24) is 10.3 Å². The second-order valence-corrected chi connectivity index (χ2v) is 4.85. The summed E-state index contributed by atoms with van der Waals surface area (Å²) in [6, 6.07) is 1.65. The lowest BCUT2D eigenvalue weighted by molar-refractivity contribution is -0.117. The van der Waals surface area contributed by atoms with Crippen LogP contribution >= 0.6 is 27.5 Å². The lowest BCUT2D eigenvalue weighted by Gasteiger charge is -2.11. The third-order valence-corrected chi connectivity index (χ3v) is 3.57. The Hall–Kier alpha value is -0.650. The van der Waals surface area contributed by atoms with Crippen LogP contribution in [0.25, 0.3) is 0 Å². The molecule has 4 nitrogen and oxygen atoms in total. The van der Waals surface area contributed by atoms with Gasteiger partial charge in [0.2, 0.25) is 5.91 Å². The van der Waals surface area contributed by atoms with E-state index in [1.165, 1.54) is 0 Å². The van der Waals surface area contributed by atoms with E-state index in [1.54, 1.807) is 12.3 Å². The highest BCUT2D eigenvalue weighted by Gasteiger charge is 2.21. The van der Waals surface area contributed by atoms with Gasteiger partial charge in [0, 0.05) is 0 Å². The van der Waals surface area contributed by atoms with Gasteiger partial charge in [0.15, 0.2) is 0 Å². The molecule has 2 rings (SSSR count). The summed E-state index contributed by atoms with van der Waals surface area (Å²) in [4.78, 5) is 15.7. The standard InChI is InChI=1S/C10H11BrClN3O/c11-7-4-6(5-14-9(7)12)15-10(16)8-2-1-3-13-8/h4-5,8,13H,1-3H2,(H,15,16). The van der Waals surface area contributed by atoms with Crippen LogP contribution in [0.2, 0.25) is 5.15 Å². The summed E-state index contributed by atoms with van der Waals surface area (Å²) in [6.45, 7) is 0.903. The van der Waals surface area contributed by atoms with E-state index in [1.807, 2.05) is 0 Å². The van der Waals surface area contributed by atoms with Gasteiger partial charge in [-0.2, -0.15) is 0 Å². The zero-order chi connectivity index (χ0) is 11.5. The molecule has 1 fully saturated rings. The molecule has 1 aliphatic heterocycles. The van der Waals surface area contributed by atoms with Crippen LogP contribution in [0.4, 0.5) is 5.69 Å². The molecule has 0 bridgehead atoms. The van der Waals surface area contributed by atoms with Gasteiger partial charge in [-0.3, -0.25) is 4.79 Å². The lowest BCUT2D eigenvalue weighted by atomic mass is 10.2. The van der Waals surface area contributed by atoms with Crippen molar-refractivity contribution in [1.29, 1.82) is 0 Å². The number of nitrogens with zero attached hydrogens (tertiary/aromatic N) is 1. The summed E-state index contributed by atoms with van der Waals surface area (Å²) < 4.78 is 0.673. The van der Waals surface area contributed by atoms with Gasteiger partial charge in [-0.15, -0.1) is 0 Å². The van der Waals surface area contributed by atoms with E-state index in [0.29, 0.717) is 15.3 Å². The summed E-state index contributed by atoms with van der Waals surface area (Å²) in [5.74, 6) is -0.0199. The van der Waals surface area contributed by atoms with Crippen molar-refractivity contribution in [2.24, 2.45) is 0 Å². The van der Waals surface area contributed by atoms with Crippen molar-refractivity contribution < 1.29 is 4.79 Å². The molecule has 2 heterocycles. The molecule has 0 saturated carbocycles. The minimum Gasteiger partial charge on any atom is -0.323 e. The van der Waals surface area contributed by atoms with Gasteiger partial charge >= 0.3 is 0 Å². The van der Waals surface area contributed by atoms with E-state index < -0.39 is 0 Å². The Morgan fingerprint density at radius 3 is 3.12 bits per heavy atom. The summed E-state index contributed by atoms with van der Waals surface area (Å²) >= 11 is 9.02. The largest absolute Gasteiger partial charge is 0.323 e. The number of nitrogens with one attached hydrogen (secondary N) is 2. The van der Waals surface area contributed by atoms with Crippen LogP contribution in [-0.4, -0.2) is 23.5 Å². The van der Waals surface area contributed by atoms with Crippen molar-refractivity contribution in [3.8, 4) is 0 Å². The maximum Gasteiger partial charge on any atom is 0.241 e. The molecular formula is C10H11BrClN3O. The van der Waals surface area contributed by atoms with E-state index in [0.717, 1.165) is 19.4 Å². The predicted octanol–water partition coefficient (Wildman–Crippen LogP) is 2.19. The number of hydrogen-bond acceptors (Lipinski definition) is 3. The highest BCUT2D eigenvalue weighted by atomic mass is 79.9. The number of rotatable bonds is 2. The molecule has 1 unspecified atom stereocenters. The minimum absolute atomic E-state index is 0.0199. The summed E-state index contributed by atoms with van der Waals surface area (Å²) in [6.07, 6.45) is 3.47. The average molecular weight is 305 g/mol. The van der Waals surface area contributed by atoms with Gasteiger partial charge in [-0.25, -0.2) is 4.98 Å². The molecule has 2 N–H and O–H groups in total. The Balaban J connectivity index is 2.02. The molecular weight excluding hydrogens is 293 g/mol. The van der Waals surface area contributed by atoms with Crippen molar-refractivity contribution in [3.05, 3.63) is 21.9 Å². The van der Waals surface area contributed by atoms with E-state index in [9.17, 15) is 4.79 Å². The summed E-state index contributed by atoms with van der Waals surface area (Å²) in [5.41, 5.74) is 0.648. The van der Waals surface area contributed by atoms with E-state index in [-0.39, 0.29) is 11.9 Å². The number of carbonyl (C=O) groups is 1. The van der Waals surface area contributed by atoms with Crippen LogP contribution in [0, 0.1) is 0 Å². The third kappa shape index (κ3) is 2.72. The quantitative estimate of drug-likeness (QED) is 0.824. The fourth-order valence-corrected chi connectivity index (χ4v) is 2.08. The first-order chi connectivity index (χ1) is 7.66. The first kappa shape index (κ1) is 11.8. The second kappa shape index (κ2) is 5.12. The molecule has 0 spiro atoms. The Bertz CT molecular complexity index is 407. The summed E-state index contributed by atoms with van der Waals surface area (Å²) in [7, 11) is 0. The van der Waals surface area contributed by atoms with Gasteiger partial charge in [-0.05, 0) is 41.4 Å². The fourth-order valence-electron chi connectivity index (χ4n) is 1.63. The van der Waals surface area contributed by atoms with E-state index >= 15 is 0 Å². The smallest absolute Gasteiger partial charge is 0.241 e. The molecule has 1 amide bonds. The first-order valence-electron chi connectivity index (χ1n) is 5.02. The maximum atomic E-state index is 11.8. The predicted molar refractivity (Wildman–Crippen MR) is 66.6 cm³/mol. The summed E-state index contributed by atoms with van der Waals surface area (Å²) in [5, 5.41) is 6.32. The zero-order valence-corrected chi connectivity index (χ0v) is 10.8. The maximum absolute atomic E-state index is 11.8. The van der Waals surface area contributed by atoms with Gasteiger partial charge in [0.1, 0.15) is 5.15 Å². The molecule has 86 valence electrons. The number of carbonyl (C=O) groups excluding carboxylic acids is 1. The minimum atomic E-state index is -0.0885. The van der Waals surface area contributed by atoms with Crippen molar-refractivity contribution in [2.75, 3.05) is 11.9 Å².